The number of nitro benzene ring substituents is 1. The van der Waals surface area contributed by atoms with Gasteiger partial charge in [-0.05, 0) is 31.5 Å². The van der Waals surface area contributed by atoms with Crippen LogP contribution in [0, 0.1) is 10.1 Å². The van der Waals surface area contributed by atoms with Gasteiger partial charge in [-0.2, -0.15) is 0 Å². The maximum absolute atomic E-state index is 12.3. The van der Waals surface area contributed by atoms with Gasteiger partial charge in [-0.25, -0.2) is 4.79 Å². The van der Waals surface area contributed by atoms with E-state index in [2.05, 4.69) is 5.32 Å². The van der Waals surface area contributed by atoms with Gasteiger partial charge in [0.05, 0.1) is 22.5 Å². The van der Waals surface area contributed by atoms with Gasteiger partial charge in [0.15, 0.2) is 5.58 Å². The third kappa shape index (κ3) is 3.82. The Hall–Kier alpha value is -3.88. The number of furan rings is 1. The van der Waals surface area contributed by atoms with Crippen LogP contribution in [0.5, 0.6) is 0 Å². The Morgan fingerprint density at radius 3 is 2.73 bits per heavy atom. The zero-order chi connectivity index (χ0) is 21.3. The molecule has 4 rings (SSSR count). The molecule has 0 spiro atoms. The van der Waals surface area contributed by atoms with Gasteiger partial charge in [-0.15, -0.1) is 0 Å². The molecule has 0 bridgehead atoms. The van der Waals surface area contributed by atoms with Crippen LogP contribution in [-0.2, 0) is 11.3 Å². The van der Waals surface area contributed by atoms with Gasteiger partial charge in [-0.1, -0.05) is 18.2 Å². The fourth-order valence-corrected chi connectivity index (χ4v) is 3.38. The van der Waals surface area contributed by atoms with E-state index in [-0.39, 0.29) is 36.2 Å². The molecule has 1 atom stereocenters. The third-order valence-electron chi connectivity index (χ3n) is 4.90. The molecule has 1 N–H and O–H groups in total. The van der Waals surface area contributed by atoms with Crippen molar-refractivity contribution in [1.82, 2.24) is 9.88 Å². The van der Waals surface area contributed by atoms with E-state index in [9.17, 15) is 19.7 Å². The summed E-state index contributed by atoms with van der Waals surface area (Å²) >= 11 is 0. The predicted octanol–water partition coefficient (Wildman–Crippen LogP) is 3.91. The molecule has 2 heterocycles. The topological polar surface area (TPSA) is 121 Å². The van der Waals surface area contributed by atoms with E-state index in [0.717, 1.165) is 11.0 Å². The summed E-state index contributed by atoms with van der Waals surface area (Å²) in [5, 5.41) is 14.7. The van der Waals surface area contributed by atoms with Crippen molar-refractivity contribution in [2.75, 3.05) is 0 Å². The molecular formula is C21H19N3O6. The third-order valence-corrected chi connectivity index (χ3v) is 4.90. The van der Waals surface area contributed by atoms with Gasteiger partial charge in [0.25, 0.3) is 5.69 Å². The summed E-state index contributed by atoms with van der Waals surface area (Å²) in [7, 11) is 0. The van der Waals surface area contributed by atoms with E-state index in [4.69, 9.17) is 8.83 Å². The van der Waals surface area contributed by atoms with Crippen LogP contribution in [-0.4, -0.2) is 15.4 Å². The van der Waals surface area contributed by atoms with Crippen molar-refractivity contribution in [1.29, 1.82) is 0 Å². The van der Waals surface area contributed by atoms with Crippen molar-refractivity contribution >= 4 is 33.7 Å². The van der Waals surface area contributed by atoms with Crippen molar-refractivity contribution in [3.05, 3.63) is 75.0 Å². The number of hydrogen-bond acceptors (Lipinski definition) is 6. The molecule has 154 valence electrons. The normalized spacial score (nSPS) is 12.3. The number of para-hydroxylation sites is 1. The Balaban J connectivity index is 1.37. The number of oxazole rings is 1. The van der Waals surface area contributed by atoms with Crippen molar-refractivity contribution < 1.29 is 18.6 Å². The molecule has 2 aromatic carbocycles. The average Bonchev–Trinajstić information content (AvgIpc) is 3.28. The summed E-state index contributed by atoms with van der Waals surface area (Å²) in [6.45, 7) is 2.10. The highest BCUT2D eigenvalue weighted by Crippen LogP contribution is 2.24. The molecule has 30 heavy (non-hydrogen) atoms. The van der Waals surface area contributed by atoms with E-state index >= 15 is 0 Å². The average molecular weight is 409 g/mol. The fraction of sp³-hybridized carbons (Fsp3) is 0.238. The van der Waals surface area contributed by atoms with Crippen LogP contribution in [0.1, 0.15) is 31.6 Å². The van der Waals surface area contributed by atoms with Crippen LogP contribution in [0.4, 0.5) is 5.69 Å². The lowest BCUT2D eigenvalue weighted by molar-refractivity contribution is -0.384. The summed E-state index contributed by atoms with van der Waals surface area (Å²) in [4.78, 5) is 34.7. The number of hydrogen-bond donors (Lipinski definition) is 1. The van der Waals surface area contributed by atoms with Crippen molar-refractivity contribution in [3.8, 4) is 0 Å². The molecule has 0 unspecified atom stereocenters. The monoisotopic (exact) mass is 409 g/mol. The number of carbonyl (C=O) groups is 1. The first-order valence-corrected chi connectivity index (χ1v) is 9.48. The molecule has 0 radical (unpaired) electrons. The number of nitrogens with zero attached hydrogens (tertiary/aromatic N) is 2. The van der Waals surface area contributed by atoms with Crippen LogP contribution in [0.3, 0.4) is 0 Å². The SMILES string of the molecule is C[C@H](NC(=O)CCCn1c(=O)oc2cc([N+](=O)[O-])ccc21)c1cc2ccccc2o1. The number of nitro groups is 1. The van der Waals surface area contributed by atoms with E-state index in [1.54, 1.807) is 0 Å². The standard InChI is InChI=1S/C21H19N3O6/c1-13(18-11-14-5-2-3-6-17(14)29-18)22-20(25)7-4-10-23-16-9-8-15(24(27)28)12-19(16)30-21(23)26/h2-3,5-6,8-9,11-13H,4,7,10H2,1H3,(H,22,25)/t13-/m0/s1. The maximum Gasteiger partial charge on any atom is 0.419 e. The Labute approximate surface area is 170 Å². The molecule has 0 saturated carbocycles. The largest absolute Gasteiger partial charge is 0.459 e. The van der Waals surface area contributed by atoms with E-state index in [1.807, 2.05) is 37.3 Å². The molecule has 9 nitrogen and oxygen atoms in total. The van der Waals surface area contributed by atoms with Gasteiger partial charge in [0, 0.05) is 24.4 Å². The fourth-order valence-electron chi connectivity index (χ4n) is 3.38. The Kier molecular flexibility index (Phi) is 5.09. The molecule has 0 fully saturated rings. The van der Waals surface area contributed by atoms with Gasteiger partial charge >= 0.3 is 5.76 Å². The molecular weight excluding hydrogens is 390 g/mol. The summed E-state index contributed by atoms with van der Waals surface area (Å²) < 4.78 is 12.2. The highest BCUT2D eigenvalue weighted by atomic mass is 16.6. The molecule has 0 saturated heterocycles. The van der Waals surface area contributed by atoms with Crippen molar-refractivity contribution in [2.24, 2.45) is 0 Å². The molecule has 0 aliphatic heterocycles. The first kappa shape index (κ1) is 19.4. The minimum absolute atomic E-state index is 0.150. The number of carbonyl (C=O) groups excluding carboxylic acids is 1. The zero-order valence-electron chi connectivity index (χ0n) is 16.2. The smallest absolute Gasteiger partial charge is 0.419 e. The van der Waals surface area contributed by atoms with Crippen LogP contribution in [0.15, 0.2) is 62.2 Å². The Morgan fingerprint density at radius 2 is 1.97 bits per heavy atom. The molecule has 4 aromatic rings. The Bertz CT molecular complexity index is 1270. The number of rotatable bonds is 7. The van der Waals surface area contributed by atoms with Gasteiger partial charge in [-0.3, -0.25) is 19.5 Å². The predicted molar refractivity (Wildman–Crippen MR) is 109 cm³/mol. The van der Waals surface area contributed by atoms with Crippen molar-refractivity contribution in [2.45, 2.75) is 32.4 Å². The van der Waals surface area contributed by atoms with Crippen LogP contribution < -0.4 is 11.1 Å². The lowest BCUT2D eigenvalue weighted by Gasteiger charge is -2.11. The van der Waals surface area contributed by atoms with Gasteiger partial charge in [0.1, 0.15) is 11.3 Å². The summed E-state index contributed by atoms with van der Waals surface area (Å²) in [5.74, 6) is -0.107. The molecule has 1 amide bonds. The minimum atomic E-state index is -0.610. The van der Waals surface area contributed by atoms with Crippen LogP contribution in [0.2, 0.25) is 0 Å². The second kappa shape index (κ2) is 7.86. The lowest BCUT2D eigenvalue weighted by Crippen LogP contribution is -2.26. The van der Waals surface area contributed by atoms with E-state index in [0.29, 0.717) is 17.7 Å². The molecule has 2 aromatic heterocycles. The number of nitrogens with one attached hydrogen (secondary N) is 1. The maximum atomic E-state index is 12.3. The number of non-ortho nitro benzene ring substituents is 1. The number of aryl methyl sites for hydroxylation is 1. The Morgan fingerprint density at radius 1 is 1.17 bits per heavy atom. The van der Waals surface area contributed by atoms with E-state index in [1.165, 1.54) is 22.8 Å². The van der Waals surface area contributed by atoms with Crippen LogP contribution >= 0.6 is 0 Å². The van der Waals surface area contributed by atoms with Crippen molar-refractivity contribution in [3.63, 3.8) is 0 Å². The second-order valence-corrected chi connectivity index (χ2v) is 7.01. The number of aromatic nitrogens is 1. The number of benzene rings is 2. The van der Waals surface area contributed by atoms with Gasteiger partial charge in [0.2, 0.25) is 5.91 Å². The lowest BCUT2D eigenvalue weighted by atomic mass is 10.2. The summed E-state index contributed by atoms with van der Waals surface area (Å²) in [6, 6.07) is 13.2. The highest BCUT2D eigenvalue weighted by molar-refractivity contribution is 5.79. The second-order valence-electron chi connectivity index (χ2n) is 7.01. The van der Waals surface area contributed by atoms with Crippen LogP contribution in [0.25, 0.3) is 22.1 Å². The first-order valence-electron chi connectivity index (χ1n) is 9.48. The first-order chi connectivity index (χ1) is 14.4. The summed E-state index contributed by atoms with van der Waals surface area (Å²) in [5.41, 5.74) is 1.22. The zero-order valence-corrected chi connectivity index (χ0v) is 16.2. The number of fused-ring (bicyclic) bond motifs is 2. The highest BCUT2D eigenvalue weighted by Gasteiger charge is 2.16. The minimum Gasteiger partial charge on any atom is -0.459 e. The van der Waals surface area contributed by atoms with E-state index < -0.39 is 10.7 Å². The molecule has 0 aliphatic rings. The number of amides is 1. The summed E-state index contributed by atoms with van der Waals surface area (Å²) in [6.07, 6.45) is 0.612. The van der Waals surface area contributed by atoms with Gasteiger partial charge < -0.3 is 14.2 Å². The quantitative estimate of drug-likeness (QED) is 0.365. The molecule has 9 heteroatoms. The molecule has 0 aliphatic carbocycles.